The van der Waals surface area contributed by atoms with Crippen LogP contribution in [0.3, 0.4) is 0 Å². The fourth-order valence-electron chi connectivity index (χ4n) is 4.51. The van der Waals surface area contributed by atoms with Crippen LogP contribution in [0.15, 0.2) is 66.4 Å². The minimum Gasteiger partial charge on any atom is -0.439 e. The van der Waals surface area contributed by atoms with Crippen LogP contribution in [-0.2, 0) is 11.3 Å². The van der Waals surface area contributed by atoms with Crippen molar-refractivity contribution in [3.05, 3.63) is 83.1 Å². The lowest BCUT2D eigenvalue weighted by Gasteiger charge is -2.29. The monoisotopic (exact) mass is 490 g/mol. The Labute approximate surface area is 209 Å². The van der Waals surface area contributed by atoms with Crippen LogP contribution < -0.4 is 31.9 Å². The number of hydrogen-bond acceptors (Lipinski definition) is 7. The molecule has 0 aromatic heterocycles. The minimum atomic E-state index is -0.534. The predicted molar refractivity (Wildman–Crippen MR) is 135 cm³/mol. The number of carbonyl (C=O) groups is 2. The van der Waals surface area contributed by atoms with Crippen molar-refractivity contribution in [2.24, 2.45) is 5.73 Å². The average molecular weight is 491 g/mol. The lowest BCUT2D eigenvalue weighted by atomic mass is 10.0. The number of urea groups is 1. The number of aliphatic hydroxyl groups excluding tert-OH is 1. The second-order valence-electron chi connectivity index (χ2n) is 8.95. The predicted octanol–water partition coefficient (Wildman–Crippen LogP) is 1.65. The lowest BCUT2D eigenvalue weighted by Crippen LogP contribution is -2.51. The maximum absolute atomic E-state index is 12.8. The maximum atomic E-state index is 12.8. The minimum absolute atomic E-state index is 0.203. The van der Waals surface area contributed by atoms with Crippen molar-refractivity contribution >= 4 is 23.5 Å². The molecule has 10 nitrogen and oxygen atoms in total. The first-order valence-electron chi connectivity index (χ1n) is 12.0. The first-order valence-corrected chi connectivity index (χ1v) is 12.0. The molecule has 0 spiro atoms. The number of carbonyl (C=O) groups excluding carboxylic acids is 2. The standard InChI is InChI=1S/C26H30N6O4/c27-10-1-11-28-13-16-2-8-20(9-3-16)32-14-19-12-21(29-24(19)31-25(32)34)17-4-6-18(7-5-17)23-22(15-33)30-26(35)36-23/h2-9,12,14,22-24,28-29,33H,1,10-11,13,15,27H2,(H,30,35)(H,31,34)/t22-,23-,24?/m1/s1. The molecule has 2 aromatic carbocycles. The molecular formula is C26H30N6O4. The van der Waals surface area contributed by atoms with Crippen LogP contribution in [0, 0.1) is 0 Å². The van der Waals surface area contributed by atoms with Crippen molar-refractivity contribution in [2.75, 3.05) is 24.6 Å². The largest absolute Gasteiger partial charge is 0.439 e. The molecule has 3 aliphatic heterocycles. The SMILES string of the molecule is NCCCNCc1ccc(N2C=C3C=C(c4ccc([C@H]5OC(=O)N[C@@H]5CO)cc4)NC3NC2=O)cc1. The number of benzene rings is 2. The van der Waals surface area contributed by atoms with E-state index in [-0.39, 0.29) is 18.8 Å². The summed E-state index contributed by atoms with van der Waals surface area (Å²) in [4.78, 5) is 25.9. The smallest absolute Gasteiger partial charge is 0.408 e. The highest BCUT2D eigenvalue weighted by molar-refractivity contribution is 5.96. The second-order valence-corrected chi connectivity index (χ2v) is 8.95. The number of nitrogens with zero attached hydrogens (tertiary/aromatic N) is 1. The number of hydrogen-bond donors (Lipinski definition) is 6. The quantitative estimate of drug-likeness (QED) is 0.294. The van der Waals surface area contributed by atoms with Crippen molar-refractivity contribution in [3.63, 3.8) is 0 Å². The maximum Gasteiger partial charge on any atom is 0.408 e. The van der Waals surface area contributed by atoms with Gasteiger partial charge in [0, 0.05) is 24.0 Å². The summed E-state index contributed by atoms with van der Waals surface area (Å²) in [7, 11) is 0. The van der Waals surface area contributed by atoms with Gasteiger partial charge in [-0.1, -0.05) is 36.4 Å². The number of amides is 3. The Hall–Kier alpha value is -3.86. The Balaban J connectivity index is 1.28. The van der Waals surface area contributed by atoms with Gasteiger partial charge in [0.1, 0.15) is 6.17 Å². The molecule has 7 N–H and O–H groups in total. The van der Waals surface area contributed by atoms with Gasteiger partial charge in [-0.05, 0) is 54.4 Å². The molecule has 0 saturated carbocycles. The van der Waals surface area contributed by atoms with E-state index in [1.807, 2.05) is 60.8 Å². The van der Waals surface area contributed by atoms with Gasteiger partial charge < -0.3 is 36.8 Å². The molecule has 1 saturated heterocycles. The highest BCUT2D eigenvalue weighted by Crippen LogP contribution is 2.30. The van der Waals surface area contributed by atoms with E-state index in [0.717, 1.165) is 53.2 Å². The topological polar surface area (TPSA) is 141 Å². The molecular weight excluding hydrogens is 460 g/mol. The van der Waals surface area contributed by atoms with Gasteiger partial charge in [-0.2, -0.15) is 0 Å². The second kappa shape index (κ2) is 10.4. The molecule has 3 amide bonds. The highest BCUT2D eigenvalue weighted by atomic mass is 16.6. The van der Waals surface area contributed by atoms with E-state index in [1.54, 1.807) is 4.90 Å². The van der Waals surface area contributed by atoms with Crippen LogP contribution in [0.5, 0.6) is 0 Å². The van der Waals surface area contributed by atoms with Crippen LogP contribution >= 0.6 is 0 Å². The number of fused-ring (bicyclic) bond motifs is 1. The van der Waals surface area contributed by atoms with Crippen LogP contribution in [-0.4, -0.2) is 49.1 Å². The van der Waals surface area contributed by atoms with E-state index >= 15 is 0 Å². The van der Waals surface area contributed by atoms with E-state index in [2.05, 4.69) is 21.3 Å². The number of anilines is 1. The third kappa shape index (κ3) is 4.92. The van der Waals surface area contributed by atoms with Crippen molar-refractivity contribution in [1.82, 2.24) is 21.3 Å². The van der Waals surface area contributed by atoms with Crippen molar-refractivity contribution in [1.29, 1.82) is 0 Å². The summed E-state index contributed by atoms with van der Waals surface area (Å²) in [6.07, 6.45) is 3.42. The van der Waals surface area contributed by atoms with Crippen LogP contribution in [0.1, 0.15) is 29.2 Å². The van der Waals surface area contributed by atoms with Crippen molar-refractivity contribution < 1.29 is 19.4 Å². The summed E-state index contributed by atoms with van der Waals surface area (Å²) in [5.41, 5.74) is 11.0. The van der Waals surface area contributed by atoms with Crippen molar-refractivity contribution in [2.45, 2.75) is 31.3 Å². The Morgan fingerprint density at radius 3 is 2.53 bits per heavy atom. The Bertz CT molecular complexity index is 1180. The number of nitrogens with one attached hydrogen (secondary N) is 4. The molecule has 3 atom stereocenters. The molecule has 0 aliphatic carbocycles. The first-order chi connectivity index (χ1) is 17.6. The first kappa shape index (κ1) is 23.9. The van der Waals surface area contributed by atoms with Gasteiger partial charge in [-0.15, -0.1) is 0 Å². The van der Waals surface area contributed by atoms with E-state index in [4.69, 9.17) is 10.5 Å². The summed E-state index contributed by atoms with van der Waals surface area (Å²) < 4.78 is 5.28. The normalized spacial score (nSPS) is 22.7. The Morgan fingerprint density at radius 1 is 1.03 bits per heavy atom. The van der Waals surface area contributed by atoms with Crippen LogP contribution in [0.25, 0.3) is 5.70 Å². The third-order valence-corrected chi connectivity index (χ3v) is 6.46. The van der Waals surface area contributed by atoms with E-state index in [1.165, 1.54) is 0 Å². The molecule has 3 aliphatic rings. The molecule has 2 aromatic rings. The summed E-state index contributed by atoms with van der Waals surface area (Å²) in [6.45, 7) is 2.09. The van der Waals surface area contributed by atoms with Crippen LogP contribution in [0.2, 0.25) is 0 Å². The summed E-state index contributed by atoms with van der Waals surface area (Å²) >= 11 is 0. The molecule has 1 unspecified atom stereocenters. The van der Waals surface area contributed by atoms with E-state index in [9.17, 15) is 14.7 Å². The number of nitrogens with two attached hydrogens (primary N) is 1. The summed E-state index contributed by atoms with van der Waals surface area (Å²) in [5.74, 6) is 0. The zero-order valence-electron chi connectivity index (χ0n) is 19.7. The van der Waals surface area contributed by atoms with Crippen molar-refractivity contribution in [3.8, 4) is 0 Å². The Morgan fingerprint density at radius 2 is 1.81 bits per heavy atom. The number of ether oxygens (including phenoxy) is 1. The Kier molecular flexibility index (Phi) is 6.90. The molecule has 3 heterocycles. The van der Waals surface area contributed by atoms with E-state index < -0.39 is 18.2 Å². The molecule has 1 fully saturated rings. The molecule has 188 valence electrons. The average Bonchev–Trinajstić information content (AvgIpc) is 3.49. The molecule has 0 bridgehead atoms. The summed E-state index contributed by atoms with van der Waals surface area (Å²) in [6, 6.07) is 14.8. The van der Waals surface area contributed by atoms with Gasteiger partial charge in [0.2, 0.25) is 0 Å². The number of aliphatic hydroxyl groups is 1. The fourth-order valence-corrected chi connectivity index (χ4v) is 4.51. The summed E-state index contributed by atoms with van der Waals surface area (Å²) in [5, 5.41) is 21.8. The number of rotatable bonds is 9. The third-order valence-electron chi connectivity index (χ3n) is 6.46. The molecule has 10 heteroatoms. The molecule has 0 radical (unpaired) electrons. The van der Waals surface area contributed by atoms with Crippen LogP contribution in [0.4, 0.5) is 15.3 Å². The number of alkyl carbamates (subject to hydrolysis) is 1. The highest BCUT2D eigenvalue weighted by Gasteiger charge is 2.35. The van der Waals surface area contributed by atoms with Gasteiger partial charge in [0.05, 0.1) is 18.3 Å². The lowest BCUT2D eigenvalue weighted by molar-refractivity contribution is 0.119. The zero-order valence-corrected chi connectivity index (χ0v) is 19.7. The van der Waals surface area contributed by atoms with Gasteiger partial charge in [-0.25, -0.2) is 9.59 Å². The fraction of sp³-hybridized carbons (Fsp3) is 0.308. The van der Waals surface area contributed by atoms with Gasteiger partial charge >= 0.3 is 12.1 Å². The van der Waals surface area contributed by atoms with Gasteiger partial charge in [0.15, 0.2) is 6.10 Å². The van der Waals surface area contributed by atoms with Gasteiger partial charge in [-0.3, -0.25) is 4.90 Å². The number of cyclic esters (lactones) is 1. The molecule has 36 heavy (non-hydrogen) atoms. The van der Waals surface area contributed by atoms with Gasteiger partial charge in [0.25, 0.3) is 0 Å². The zero-order chi connectivity index (χ0) is 25.1. The molecule has 5 rings (SSSR count). The van der Waals surface area contributed by atoms with E-state index in [0.29, 0.717) is 6.54 Å².